The lowest BCUT2D eigenvalue weighted by Crippen LogP contribution is -2.33. The van der Waals surface area contributed by atoms with Crippen molar-refractivity contribution in [2.45, 2.75) is 32.1 Å². The minimum absolute atomic E-state index is 0.0828. The van der Waals surface area contributed by atoms with Crippen molar-refractivity contribution in [3.8, 4) is 12.3 Å². The predicted molar refractivity (Wildman–Crippen MR) is 78.2 cm³/mol. The second-order valence-electron chi connectivity index (χ2n) is 4.53. The maximum absolute atomic E-state index is 12.7. The second kappa shape index (κ2) is 6.09. The highest BCUT2D eigenvalue weighted by molar-refractivity contribution is 7.89. The molecule has 2 N–H and O–H groups in total. The molecule has 1 rings (SSSR count). The van der Waals surface area contributed by atoms with Crippen LogP contribution in [0.25, 0.3) is 0 Å². The molecule has 0 bridgehead atoms. The fourth-order valence-corrected chi connectivity index (χ4v) is 4.01. The highest BCUT2D eigenvalue weighted by Crippen LogP contribution is 2.26. The number of aryl methyl sites for hydroxylation is 2. The molecule has 0 aliphatic carbocycles. The van der Waals surface area contributed by atoms with Crippen LogP contribution in [0.5, 0.6) is 0 Å². The van der Waals surface area contributed by atoms with Crippen LogP contribution in [-0.4, -0.2) is 25.8 Å². The van der Waals surface area contributed by atoms with Gasteiger partial charge in [0, 0.05) is 12.2 Å². The third kappa shape index (κ3) is 3.28. The zero-order chi connectivity index (χ0) is 14.6. The summed E-state index contributed by atoms with van der Waals surface area (Å²) in [7, 11) is -3.57. The van der Waals surface area contributed by atoms with E-state index in [9.17, 15) is 8.42 Å². The summed E-state index contributed by atoms with van der Waals surface area (Å²) < 4.78 is 26.6. The molecule has 0 heterocycles. The summed E-state index contributed by atoms with van der Waals surface area (Å²) in [6, 6.07) is 3.33. The van der Waals surface area contributed by atoms with E-state index in [0.29, 0.717) is 34.7 Å². The summed E-state index contributed by atoms with van der Waals surface area (Å²) >= 11 is 0. The summed E-state index contributed by atoms with van der Waals surface area (Å²) in [5.74, 6) is 2.40. The molecule has 0 aliphatic heterocycles. The Kier molecular flexibility index (Phi) is 4.98. The molecule has 0 atom stereocenters. The lowest BCUT2D eigenvalue weighted by molar-refractivity contribution is 0.445. The number of anilines is 1. The Morgan fingerprint density at radius 1 is 1.32 bits per heavy atom. The fraction of sp³-hybridized carbons (Fsp3) is 0.429. The van der Waals surface area contributed by atoms with Gasteiger partial charge in [-0.25, -0.2) is 8.42 Å². The number of rotatable bonds is 5. The van der Waals surface area contributed by atoms with Gasteiger partial charge in [0.1, 0.15) is 0 Å². The van der Waals surface area contributed by atoms with Crippen LogP contribution in [0.1, 0.15) is 24.5 Å². The van der Waals surface area contributed by atoms with Crippen molar-refractivity contribution < 1.29 is 8.42 Å². The van der Waals surface area contributed by atoms with E-state index in [0.717, 1.165) is 0 Å². The molecule has 0 aromatic heterocycles. The molecule has 4 nitrogen and oxygen atoms in total. The van der Waals surface area contributed by atoms with Gasteiger partial charge in [0.2, 0.25) is 10.0 Å². The fourth-order valence-electron chi connectivity index (χ4n) is 2.16. The summed E-state index contributed by atoms with van der Waals surface area (Å²) in [6.45, 7) is 5.91. The Bertz CT molecular complexity index is 577. The van der Waals surface area contributed by atoms with Crippen LogP contribution in [0.3, 0.4) is 0 Å². The minimum Gasteiger partial charge on any atom is -0.399 e. The van der Waals surface area contributed by atoms with Gasteiger partial charge >= 0.3 is 0 Å². The van der Waals surface area contributed by atoms with Crippen LogP contribution < -0.4 is 5.73 Å². The number of nitrogen functional groups attached to an aromatic ring is 1. The summed E-state index contributed by atoms with van der Waals surface area (Å²) in [5.41, 5.74) is 7.58. The van der Waals surface area contributed by atoms with Gasteiger partial charge in [-0.3, -0.25) is 0 Å². The Labute approximate surface area is 115 Å². The molecule has 0 spiro atoms. The highest BCUT2D eigenvalue weighted by atomic mass is 32.2. The molecule has 19 heavy (non-hydrogen) atoms. The number of hydrogen-bond donors (Lipinski definition) is 1. The average molecular weight is 280 g/mol. The maximum atomic E-state index is 12.7. The smallest absolute Gasteiger partial charge is 0.244 e. The summed E-state index contributed by atoms with van der Waals surface area (Å²) in [5, 5.41) is 0. The zero-order valence-electron chi connectivity index (χ0n) is 11.6. The number of nitrogens with zero attached hydrogens (tertiary/aromatic N) is 1. The zero-order valence-corrected chi connectivity index (χ0v) is 12.4. The summed E-state index contributed by atoms with van der Waals surface area (Å²) in [6.07, 6.45) is 5.97. The van der Waals surface area contributed by atoms with Crippen molar-refractivity contribution in [3.05, 3.63) is 23.3 Å². The molecule has 0 amide bonds. The number of nitrogens with two attached hydrogens (primary N) is 1. The number of benzene rings is 1. The minimum atomic E-state index is -3.57. The van der Waals surface area contributed by atoms with Crippen molar-refractivity contribution in [2.75, 3.05) is 18.8 Å². The molecule has 0 unspecified atom stereocenters. The molecule has 0 saturated heterocycles. The van der Waals surface area contributed by atoms with Crippen LogP contribution >= 0.6 is 0 Å². The van der Waals surface area contributed by atoms with Crippen LogP contribution in [0.15, 0.2) is 17.0 Å². The van der Waals surface area contributed by atoms with Gasteiger partial charge in [0.05, 0.1) is 11.4 Å². The number of terminal acetylenes is 1. The molecular weight excluding hydrogens is 260 g/mol. The second-order valence-corrected chi connectivity index (χ2v) is 6.40. The first-order chi connectivity index (χ1) is 8.84. The molecule has 104 valence electrons. The third-order valence-corrected chi connectivity index (χ3v) is 4.97. The van der Waals surface area contributed by atoms with Crippen molar-refractivity contribution in [2.24, 2.45) is 0 Å². The topological polar surface area (TPSA) is 63.4 Å². The largest absolute Gasteiger partial charge is 0.399 e. The van der Waals surface area contributed by atoms with Gasteiger partial charge < -0.3 is 5.73 Å². The highest BCUT2D eigenvalue weighted by Gasteiger charge is 2.26. The van der Waals surface area contributed by atoms with Crippen LogP contribution in [0.2, 0.25) is 0 Å². The predicted octanol–water partition coefficient (Wildman–Crippen LogP) is 1.92. The molecule has 1 aromatic carbocycles. The van der Waals surface area contributed by atoms with Gasteiger partial charge in [-0.15, -0.1) is 6.42 Å². The molecule has 0 saturated carbocycles. The van der Waals surface area contributed by atoms with E-state index >= 15 is 0 Å². The first-order valence-corrected chi connectivity index (χ1v) is 7.59. The van der Waals surface area contributed by atoms with Crippen LogP contribution in [-0.2, 0) is 10.0 Å². The summed E-state index contributed by atoms with van der Waals surface area (Å²) in [4.78, 5) is 0.311. The van der Waals surface area contributed by atoms with E-state index in [-0.39, 0.29) is 6.54 Å². The van der Waals surface area contributed by atoms with E-state index in [2.05, 4.69) is 5.92 Å². The molecule has 0 fully saturated rings. The molecule has 0 aliphatic rings. The van der Waals surface area contributed by atoms with Gasteiger partial charge in [-0.1, -0.05) is 12.8 Å². The molecule has 1 aromatic rings. The SMILES string of the molecule is C#CCN(CCC)S(=O)(=O)c1c(C)cc(N)cc1C. The molecule has 5 heteroatoms. The standard InChI is InChI=1S/C14H20N2O2S/c1-5-7-16(8-6-2)19(17,18)14-11(3)9-13(15)10-12(14)4/h1,9-10H,6-8,15H2,2-4H3. The van der Waals surface area contributed by atoms with Crippen molar-refractivity contribution in [3.63, 3.8) is 0 Å². The first kappa shape index (κ1) is 15.5. The Morgan fingerprint density at radius 2 is 1.84 bits per heavy atom. The molecular formula is C14H20N2O2S. The normalized spacial score (nSPS) is 11.5. The molecule has 0 radical (unpaired) electrons. The van der Waals surface area contributed by atoms with E-state index in [1.54, 1.807) is 26.0 Å². The van der Waals surface area contributed by atoms with E-state index in [4.69, 9.17) is 12.2 Å². The monoisotopic (exact) mass is 280 g/mol. The van der Waals surface area contributed by atoms with Gasteiger partial charge in [-0.05, 0) is 43.5 Å². The number of hydrogen-bond acceptors (Lipinski definition) is 3. The van der Waals surface area contributed by atoms with Crippen LogP contribution in [0.4, 0.5) is 5.69 Å². The Balaban J connectivity index is 3.38. The Hall–Kier alpha value is -1.51. The van der Waals surface area contributed by atoms with Crippen LogP contribution in [0, 0.1) is 26.2 Å². The van der Waals surface area contributed by atoms with Crippen molar-refractivity contribution in [1.82, 2.24) is 4.31 Å². The lowest BCUT2D eigenvalue weighted by Gasteiger charge is -2.22. The average Bonchev–Trinajstić information content (AvgIpc) is 2.26. The first-order valence-electron chi connectivity index (χ1n) is 6.15. The maximum Gasteiger partial charge on any atom is 0.244 e. The number of sulfonamides is 1. The van der Waals surface area contributed by atoms with Gasteiger partial charge in [0.15, 0.2) is 0 Å². The van der Waals surface area contributed by atoms with Gasteiger partial charge in [-0.2, -0.15) is 4.31 Å². The van der Waals surface area contributed by atoms with Crippen molar-refractivity contribution >= 4 is 15.7 Å². The van der Waals surface area contributed by atoms with E-state index in [1.807, 2.05) is 6.92 Å². The Morgan fingerprint density at radius 3 is 2.26 bits per heavy atom. The van der Waals surface area contributed by atoms with Crippen molar-refractivity contribution in [1.29, 1.82) is 0 Å². The van der Waals surface area contributed by atoms with E-state index < -0.39 is 10.0 Å². The lowest BCUT2D eigenvalue weighted by atomic mass is 10.1. The third-order valence-electron chi connectivity index (χ3n) is 2.82. The quantitative estimate of drug-likeness (QED) is 0.662. The van der Waals surface area contributed by atoms with Gasteiger partial charge in [0.25, 0.3) is 0 Å². The van der Waals surface area contributed by atoms with E-state index in [1.165, 1.54) is 4.31 Å².